The molecule has 0 aromatic heterocycles. The molecule has 93 heavy (non-hydrogen) atoms. The van der Waals surface area contributed by atoms with Gasteiger partial charge in [-0.1, -0.05) is 113 Å². The van der Waals surface area contributed by atoms with Crippen LogP contribution < -0.4 is 53.2 Å². The molecule has 520 valence electrons. The predicted octanol–water partition coefficient (Wildman–Crippen LogP) is 5.75. The smallest absolute Gasteiger partial charge is 0.315 e. The molecule has 1 aromatic carbocycles. The van der Waals surface area contributed by atoms with E-state index < -0.39 is 53.7 Å². The first-order valence-corrected chi connectivity index (χ1v) is 35.9. The number of unbranched alkanes of at least 4 members (excludes halogenated alkanes) is 2. The van der Waals surface area contributed by atoms with Crippen LogP contribution in [0.25, 0.3) is 0 Å². The fraction of sp³-hybridized carbons (Fsp3) is 0.750. The van der Waals surface area contributed by atoms with Crippen molar-refractivity contribution in [2.24, 2.45) is 29.1 Å². The maximum absolute atomic E-state index is 13.7. The zero-order valence-electron chi connectivity index (χ0n) is 55.8. The Bertz CT molecular complexity index is 2760. The van der Waals surface area contributed by atoms with Gasteiger partial charge in [-0.3, -0.25) is 43.2 Å². The monoisotopic (exact) mass is 1340 g/mol. The van der Waals surface area contributed by atoms with E-state index in [-0.39, 0.29) is 133 Å². The van der Waals surface area contributed by atoms with E-state index in [1.165, 1.54) is 4.90 Å². The number of urea groups is 2. The van der Waals surface area contributed by atoms with E-state index in [9.17, 15) is 52.7 Å². The predicted molar refractivity (Wildman–Crippen MR) is 362 cm³/mol. The third-order valence-corrected chi connectivity index (χ3v) is 21.5. The zero-order valence-corrected chi connectivity index (χ0v) is 57.5. The Labute approximate surface area is 559 Å². The molecule has 6 heterocycles. The zero-order chi connectivity index (χ0) is 67.0. The van der Waals surface area contributed by atoms with E-state index >= 15 is 0 Å². The molecule has 0 radical (unpaired) electrons. The van der Waals surface area contributed by atoms with Crippen molar-refractivity contribution in [3.8, 4) is 0 Å². The second kappa shape index (κ2) is 35.2. The lowest BCUT2D eigenvalue weighted by molar-refractivity contribution is -0.140. The molecule has 13 atom stereocenters. The summed E-state index contributed by atoms with van der Waals surface area (Å²) in [5.74, 6) is -0.0527. The van der Waals surface area contributed by atoms with Crippen molar-refractivity contribution in [2.45, 2.75) is 262 Å². The van der Waals surface area contributed by atoms with Gasteiger partial charge in [0.2, 0.25) is 41.4 Å². The van der Waals surface area contributed by atoms with Crippen LogP contribution >= 0.6 is 23.5 Å². The van der Waals surface area contributed by atoms with E-state index in [0.29, 0.717) is 81.4 Å². The number of hydrogen-bond acceptors (Lipinski definition) is 14. The van der Waals surface area contributed by atoms with Crippen LogP contribution in [0.2, 0.25) is 0 Å². The first kappa shape index (κ1) is 76.1. The van der Waals surface area contributed by atoms with Crippen LogP contribution in [0, 0.1) is 29.1 Å². The van der Waals surface area contributed by atoms with Crippen LogP contribution in [0.5, 0.6) is 0 Å². The van der Waals surface area contributed by atoms with Gasteiger partial charge < -0.3 is 62.8 Å². The fourth-order valence-corrected chi connectivity index (χ4v) is 16.0. The summed E-state index contributed by atoms with van der Waals surface area (Å²) in [7, 11) is 0. The van der Waals surface area contributed by atoms with Gasteiger partial charge in [0, 0.05) is 53.2 Å². The van der Waals surface area contributed by atoms with Gasteiger partial charge in [-0.15, -0.1) is 0 Å². The fourth-order valence-electron chi connectivity index (χ4n) is 12.9. The molecule has 0 bridgehead atoms. The van der Waals surface area contributed by atoms with Gasteiger partial charge >= 0.3 is 12.1 Å². The Balaban J connectivity index is 0.000000295. The van der Waals surface area contributed by atoms with Crippen molar-refractivity contribution >= 4 is 88.5 Å². The molecule has 7 aliphatic rings. The standard InChI is InChI=1S/C35H50N6O7S.C32H55N5O5S.CH4/c1-21(2)16-23(31(44)35(3)20-48-35)37-32(45)24(17-22-10-5-4-6-11-22)38-33(46)26-12-9-15-41(26)29(43)18-36-28(42)14-8-7-13-27-30-25(19-49-27)39-34(47)40-30;1-18(2)14-21(28(39)32(7)12-13-32)34-30(41)23(16-20(5)6)35-29(40)22(15-19(3)4)33-26(38)11-9-8-10-25-27-24(17-43-25)36-31(42)37-27;/h4-6,10-11,21,23-27,30H,7-9,12-20H2,1-3H3,(H,36,42)(H,37,45)(H,38,46)(H2,39,40,47);18-25,27H,8-17H2,1-7H3,(H,33,38)(H,34,41)(H,35,40)(H2,36,37,42);1H4/t23-,24-,25-,26-,27?,30-,35+;21-,22-,23-,24-,25-,27-;/m00./s1. The summed E-state index contributed by atoms with van der Waals surface area (Å²) in [5.41, 5.74) is -0.432. The Hall–Kier alpha value is -5.95. The molecule has 6 saturated heterocycles. The molecule has 8 rings (SSSR count). The van der Waals surface area contributed by atoms with Gasteiger partial charge in [-0.25, -0.2) is 9.59 Å². The molecule has 23 nitrogen and oxygen atoms in total. The molecule has 11 amide bonds. The lowest BCUT2D eigenvalue weighted by Crippen LogP contribution is -2.57. The average molecular weight is 1340 g/mol. The van der Waals surface area contributed by atoms with E-state index in [4.69, 9.17) is 4.74 Å². The van der Waals surface area contributed by atoms with Crippen molar-refractivity contribution in [2.75, 3.05) is 31.2 Å². The number of amides is 11. The number of fused-ring (bicyclic) bond motifs is 2. The van der Waals surface area contributed by atoms with Gasteiger partial charge in [0.1, 0.15) is 29.8 Å². The number of nitrogens with zero attached hydrogens (tertiary/aromatic N) is 1. The van der Waals surface area contributed by atoms with Crippen LogP contribution in [0.15, 0.2) is 30.3 Å². The van der Waals surface area contributed by atoms with Gasteiger partial charge in [0.25, 0.3) is 0 Å². The highest BCUT2D eigenvalue weighted by Crippen LogP contribution is 2.47. The highest BCUT2D eigenvalue weighted by atomic mass is 32.2. The van der Waals surface area contributed by atoms with Gasteiger partial charge in [-0.05, 0) is 113 Å². The summed E-state index contributed by atoms with van der Waals surface area (Å²) in [5, 5.41) is 29.8. The van der Waals surface area contributed by atoms with Crippen LogP contribution in [-0.4, -0.2) is 178 Å². The minimum Gasteiger partial charge on any atom is -0.361 e. The number of carbonyl (C=O) groups is 11. The number of hydrogen-bond donors (Lipinski definition) is 10. The van der Waals surface area contributed by atoms with Crippen molar-refractivity contribution in [1.82, 2.24) is 58.1 Å². The molecular weight excluding hydrogens is 1230 g/mol. The molecule has 1 unspecified atom stereocenters. The van der Waals surface area contributed by atoms with Crippen LogP contribution in [0.1, 0.15) is 185 Å². The summed E-state index contributed by atoms with van der Waals surface area (Å²) in [6.07, 6.45) is 10.3. The number of rotatable bonds is 35. The number of nitrogens with one attached hydrogen (secondary N) is 10. The summed E-state index contributed by atoms with van der Waals surface area (Å²) >= 11 is 3.70. The molecule has 25 heteroatoms. The maximum Gasteiger partial charge on any atom is 0.315 e. The molecule has 10 N–H and O–H groups in total. The molecule has 6 aliphatic heterocycles. The third kappa shape index (κ3) is 22.9. The minimum absolute atomic E-state index is 0. The van der Waals surface area contributed by atoms with Crippen molar-refractivity contribution < 1.29 is 57.5 Å². The number of benzene rings is 1. The van der Waals surface area contributed by atoms with E-state index in [1.54, 1.807) is 6.92 Å². The number of ether oxygens (including phenoxy) is 1. The van der Waals surface area contributed by atoms with Gasteiger partial charge in [0.05, 0.1) is 49.4 Å². The number of ketones is 2. The summed E-state index contributed by atoms with van der Waals surface area (Å²) < 4.78 is 5.37. The van der Waals surface area contributed by atoms with Crippen LogP contribution in [0.4, 0.5) is 9.59 Å². The first-order valence-electron chi connectivity index (χ1n) is 33.8. The van der Waals surface area contributed by atoms with Crippen LogP contribution in [0.3, 0.4) is 0 Å². The Morgan fingerprint density at radius 1 is 0.591 bits per heavy atom. The number of Topliss-reactive ketones (excluding diaryl/α,β-unsaturated/α-hetero) is 2. The number of thioether (sulfide) groups is 2. The molecule has 0 spiro atoms. The molecule has 1 aliphatic carbocycles. The molecular formula is C68H109N11O12S2. The highest BCUT2D eigenvalue weighted by molar-refractivity contribution is 8.00. The maximum atomic E-state index is 13.7. The number of likely N-dealkylation sites (tertiary alicyclic amines) is 1. The lowest BCUT2D eigenvalue weighted by Gasteiger charge is -2.28. The largest absolute Gasteiger partial charge is 0.361 e. The Morgan fingerprint density at radius 2 is 1.05 bits per heavy atom. The van der Waals surface area contributed by atoms with Gasteiger partial charge in [0.15, 0.2) is 11.6 Å². The topological polar surface area (TPSA) is 324 Å². The van der Waals surface area contributed by atoms with E-state index in [2.05, 4.69) is 53.2 Å². The molecule has 1 saturated carbocycles. The summed E-state index contributed by atoms with van der Waals surface area (Å²) in [6, 6.07) is 5.10. The average Bonchev–Trinajstić information content (AvgIpc) is 1.69. The summed E-state index contributed by atoms with van der Waals surface area (Å²) in [4.78, 5) is 144. The normalized spacial score (nSPS) is 25.2. The number of epoxide rings is 1. The van der Waals surface area contributed by atoms with E-state index in [0.717, 1.165) is 55.6 Å². The molecule has 7 fully saturated rings. The van der Waals surface area contributed by atoms with Crippen LogP contribution in [-0.2, 0) is 54.3 Å². The van der Waals surface area contributed by atoms with Gasteiger partial charge in [-0.2, -0.15) is 23.5 Å². The quantitative estimate of drug-likeness (QED) is 0.0220. The van der Waals surface area contributed by atoms with Crippen molar-refractivity contribution in [3.05, 3.63) is 35.9 Å². The third-order valence-electron chi connectivity index (χ3n) is 18.5. The molecule has 1 aromatic rings. The van der Waals surface area contributed by atoms with Crippen molar-refractivity contribution in [1.29, 1.82) is 0 Å². The van der Waals surface area contributed by atoms with Crippen molar-refractivity contribution in [3.63, 3.8) is 0 Å². The SMILES string of the molecule is C.CC(C)C[C@H](NC(=O)CCCC[C@@H]1SC[C@@H]2NC(=O)N[C@@H]21)C(=O)N[C@@H](CC(C)C)C(=O)N[C@@H](CC(C)C)C(=O)C1(C)CC1.CC(C)C[C@H](NC(=O)[C@H](Cc1ccccc1)NC(=O)[C@@H]1CCCN1C(=O)CNC(=O)CCCCC1SC[C@@H]2NC(=O)N[C@H]12)C(=O)[C@@]1(C)CO1. The Morgan fingerprint density at radius 3 is 1.55 bits per heavy atom. The highest BCUT2D eigenvalue weighted by Gasteiger charge is 2.51. The second-order valence-corrected chi connectivity index (χ2v) is 31.2. The first-order chi connectivity index (χ1) is 43.6. The number of carbonyl (C=O) groups excluding carboxylic acids is 11. The van der Waals surface area contributed by atoms with E-state index in [1.807, 2.05) is 116 Å². The minimum atomic E-state index is -0.975. The lowest BCUT2D eigenvalue weighted by atomic mass is 9.90. The summed E-state index contributed by atoms with van der Waals surface area (Å²) in [6.45, 7) is 20.1. The second-order valence-electron chi connectivity index (χ2n) is 28.6. The Kier molecular flexibility index (Phi) is 28.8.